The van der Waals surface area contributed by atoms with E-state index >= 15 is 0 Å². The van der Waals surface area contributed by atoms with E-state index in [9.17, 15) is 4.79 Å². The lowest BCUT2D eigenvalue weighted by atomic mass is 9.77. The predicted molar refractivity (Wildman–Crippen MR) is 98.6 cm³/mol. The first kappa shape index (κ1) is 22.4. The highest BCUT2D eigenvalue weighted by Crippen LogP contribution is 2.33. The van der Waals surface area contributed by atoms with Gasteiger partial charge >= 0.3 is 0 Å². The highest BCUT2D eigenvalue weighted by atomic mass is 16.5. The maximum absolute atomic E-state index is 11.9. The summed E-state index contributed by atoms with van der Waals surface area (Å²) in [4.78, 5) is 11.9. The van der Waals surface area contributed by atoms with Crippen LogP contribution in [0.2, 0.25) is 0 Å². The fraction of sp³-hybridized carbons (Fsp3) is 0.950. The summed E-state index contributed by atoms with van der Waals surface area (Å²) in [5.41, 5.74) is 1.49. The minimum Gasteiger partial charge on any atom is -0.289 e. The molecule has 0 aromatic heterocycles. The molecule has 0 bridgehead atoms. The van der Waals surface area contributed by atoms with Crippen molar-refractivity contribution in [2.75, 3.05) is 0 Å². The van der Waals surface area contributed by atoms with Crippen LogP contribution in [0.15, 0.2) is 0 Å². The van der Waals surface area contributed by atoms with Crippen molar-refractivity contribution in [1.29, 1.82) is 0 Å². The molecule has 0 aliphatic rings. The average molecular weight is 328 g/mol. The molecule has 2 N–H and O–H groups in total. The van der Waals surface area contributed by atoms with Crippen molar-refractivity contribution in [3.8, 4) is 0 Å². The quantitative estimate of drug-likeness (QED) is 0.196. The van der Waals surface area contributed by atoms with E-state index in [0.717, 1.165) is 25.7 Å². The van der Waals surface area contributed by atoms with Crippen molar-refractivity contribution < 1.29 is 10.0 Å². The summed E-state index contributed by atoms with van der Waals surface area (Å²) in [7, 11) is 0. The van der Waals surface area contributed by atoms with Crippen molar-refractivity contribution in [2.45, 2.75) is 117 Å². The SMILES string of the molecule is CCCCCCCCCCCCCCC(CC)(CC)C(=O)NO. The van der Waals surface area contributed by atoms with E-state index in [1.54, 1.807) is 0 Å². The van der Waals surface area contributed by atoms with Crippen LogP contribution in [0.25, 0.3) is 0 Å². The first-order valence-corrected chi connectivity index (χ1v) is 10.1. The number of hydroxylamine groups is 1. The fourth-order valence-electron chi connectivity index (χ4n) is 3.46. The molecule has 0 aromatic carbocycles. The Bertz CT molecular complexity index is 275. The summed E-state index contributed by atoms with van der Waals surface area (Å²) in [5, 5.41) is 8.92. The largest absolute Gasteiger partial charge is 0.289 e. The summed E-state index contributed by atoms with van der Waals surface area (Å²) < 4.78 is 0. The molecule has 3 heteroatoms. The number of rotatable bonds is 16. The number of hydrogen-bond donors (Lipinski definition) is 2. The first-order chi connectivity index (χ1) is 11.2. The molecule has 0 unspecified atom stereocenters. The van der Waals surface area contributed by atoms with E-state index < -0.39 is 0 Å². The van der Waals surface area contributed by atoms with E-state index in [-0.39, 0.29) is 11.3 Å². The second-order valence-electron chi connectivity index (χ2n) is 7.07. The van der Waals surface area contributed by atoms with Crippen LogP contribution in [0.5, 0.6) is 0 Å². The summed E-state index contributed by atoms with van der Waals surface area (Å²) in [6.07, 6.45) is 18.5. The topological polar surface area (TPSA) is 49.3 Å². The number of carbonyl (C=O) groups excluding carboxylic acids is 1. The zero-order chi connectivity index (χ0) is 17.4. The standard InChI is InChI=1S/C20H41NO2/c1-4-7-8-9-10-11-12-13-14-15-16-17-18-20(5-2,6-3)19(22)21-23/h23H,4-18H2,1-3H3,(H,21,22). The van der Waals surface area contributed by atoms with E-state index in [1.165, 1.54) is 70.6 Å². The Morgan fingerprint density at radius 1 is 0.739 bits per heavy atom. The number of carbonyl (C=O) groups is 1. The molecule has 0 fully saturated rings. The summed E-state index contributed by atoms with van der Waals surface area (Å²) in [6, 6.07) is 0. The van der Waals surface area contributed by atoms with Gasteiger partial charge in [0.2, 0.25) is 5.91 Å². The van der Waals surface area contributed by atoms with Gasteiger partial charge in [0.25, 0.3) is 0 Å². The average Bonchev–Trinajstić information content (AvgIpc) is 2.59. The molecule has 0 atom stereocenters. The Morgan fingerprint density at radius 2 is 1.13 bits per heavy atom. The van der Waals surface area contributed by atoms with Gasteiger partial charge in [0.15, 0.2) is 0 Å². The van der Waals surface area contributed by atoms with E-state index in [4.69, 9.17) is 5.21 Å². The lowest BCUT2D eigenvalue weighted by molar-refractivity contribution is -0.141. The highest BCUT2D eigenvalue weighted by Gasteiger charge is 2.33. The molecule has 0 saturated carbocycles. The van der Waals surface area contributed by atoms with Gasteiger partial charge in [-0.05, 0) is 19.3 Å². The molecular weight excluding hydrogens is 286 g/mol. The maximum Gasteiger partial charge on any atom is 0.249 e. The molecule has 0 aliphatic heterocycles. The third kappa shape index (κ3) is 10.0. The maximum atomic E-state index is 11.9. The summed E-state index contributed by atoms with van der Waals surface area (Å²) >= 11 is 0. The van der Waals surface area contributed by atoms with Crippen molar-refractivity contribution in [1.82, 2.24) is 5.48 Å². The Morgan fingerprint density at radius 3 is 1.48 bits per heavy atom. The van der Waals surface area contributed by atoms with Gasteiger partial charge in [0, 0.05) is 0 Å². The van der Waals surface area contributed by atoms with Gasteiger partial charge in [-0.15, -0.1) is 0 Å². The van der Waals surface area contributed by atoms with Gasteiger partial charge in [-0.1, -0.05) is 97.8 Å². The van der Waals surface area contributed by atoms with Crippen LogP contribution in [0.3, 0.4) is 0 Å². The minimum atomic E-state index is -0.368. The fourth-order valence-corrected chi connectivity index (χ4v) is 3.46. The molecule has 0 aromatic rings. The van der Waals surface area contributed by atoms with Crippen molar-refractivity contribution in [2.24, 2.45) is 5.41 Å². The van der Waals surface area contributed by atoms with Crippen LogP contribution >= 0.6 is 0 Å². The zero-order valence-electron chi connectivity index (χ0n) is 16.0. The molecule has 0 saturated heterocycles. The van der Waals surface area contributed by atoms with Gasteiger partial charge in [0.1, 0.15) is 0 Å². The van der Waals surface area contributed by atoms with Gasteiger partial charge in [-0.2, -0.15) is 0 Å². The molecule has 23 heavy (non-hydrogen) atoms. The van der Waals surface area contributed by atoms with Gasteiger partial charge in [-0.3, -0.25) is 10.0 Å². The molecular formula is C20H41NO2. The molecule has 0 aliphatic carbocycles. The second kappa shape index (κ2) is 15.0. The Labute approximate surface area is 144 Å². The third-order valence-electron chi connectivity index (χ3n) is 5.45. The predicted octanol–water partition coefficient (Wildman–Crippen LogP) is 6.39. The van der Waals surface area contributed by atoms with Gasteiger partial charge in [-0.25, -0.2) is 5.48 Å². The van der Waals surface area contributed by atoms with Crippen LogP contribution in [-0.2, 0) is 4.79 Å². The Balaban J connectivity index is 3.55. The number of nitrogens with one attached hydrogen (secondary N) is 1. The summed E-state index contributed by atoms with van der Waals surface area (Å²) in [5.74, 6) is -0.203. The van der Waals surface area contributed by atoms with Crippen LogP contribution in [-0.4, -0.2) is 11.1 Å². The van der Waals surface area contributed by atoms with E-state index in [1.807, 2.05) is 19.3 Å². The monoisotopic (exact) mass is 327 g/mol. The van der Waals surface area contributed by atoms with Crippen LogP contribution < -0.4 is 5.48 Å². The highest BCUT2D eigenvalue weighted by molar-refractivity contribution is 5.81. The van der Waals surface area contributed by atoms with Crippen LogP contribution in [0.1, 0.15) is 117 Å². The minimum absolute atomic E-state index is 0.203. The molecule has 1 amide bonds. The molecule has 0 spiro atoms. The third-order valence-corrected chi connectivity index (χ3v) is 5.45. The molecule has 0 radical (unpaired) electrons. The molecule has 0 rings (SSSR count). The van der Waals surface area contributed by atoms with Crippen molar-refractivity contribution in [3.05, 3.63) is 0 Å². The zero-order valence-corrected chi connectivity index (χ0v) is 16.0. The lowest BCUT2D eigenvalue weighted by Gasteiger charge is -2.29. The molecule has 3 nitrogen and oxygen atoms in total. The lowest BCUT2D eigenvalue weighted by Crippen LogP contribution is -2.38. The number of hydrogen-bond acceptors (Lipinski definition) is 2. The van der Waals surface area contributed by atoms with Crippen LogP contribution in [0.4, 0.5) is 0 Å². The number of unbranched alkanes of at least 4 members (excludes halogenated alkanes) is 11. The Hall–Kier alpha value is -0.570. The van der Waals surface area contributed by atoms with Crippen LogP contribution in [0, 0.1) is 5.41 Å². The number of amides is 1. The van der Waals surface area contributed by atoms with Crippen molar-refractivity contribution in [3.63, 3.8) is 0 Å². The van der Waals surface area contributed by atoms with Crippen molar-refractivity contribution >= 4 is 5.91 Å². The first-order valence-electron chi connectivity index (χ1n) is 10.1. The molecule has 138 valence electrons. The normalized spacial score (nSPS) is 11.7. The Kier molecular flexibility index (Phi) is 14.6. The second-order valence-corrected chi connectivity index (χ2v) is 7.07. The molecule has 0 heterocycles. The van der Waals surface area contributed by atoms with Gasteiger partial charge < -0.3 is 0 Å². The summed E-state index contributed by atoms with van der Waals surface area (Å²) in [6.45, 7) is 6.35. The van der Waals surface area contributed by atoms with Gasteiger partial charge in [0.05, 0.1) is 5.41 Å². The van der Waals surface area contributed by atoms with E-state index in [2.05, 4.69) is 6.92 Å². The van der Waals surface area contributed by atoms with E-state index in [0.29, 0.717) is 0 Å². The smallest absolute Gasteiger partial charge is 0.249 e.